The average Bonchev–Trinajstić information content (AvgIpc) is 1.63. The lowest BCUT2D eigenvalue weighted by Crippen LogP contribution is -2.46. The third-order valence-electron chi connectivity index (χ3n) is 27.3. The number of para-hydroxylation sites is 4. The summed E-state index contributed by atoms with van der Waals surface area (Å²) in [6.45, 7) is 20.3. The van der Waals surface area contributed by atoms with Crippen LogP contribution in [0, 0.1) is 24.4 Å². The van der Waals surface area contributed by atoms with Gasteiger partial charge >= 0.3 is 0 Å². The van der Waals surface area contributed by atoms with Crippen molar-refractivity contribution in [1.29, 1.82) is 0 Å². The molecular formula is C103H110F3N23O8S4. The molecule has 0 spiro atoms. The number of hydrogen-bond donors (Lipinski definition) is 4. The number of carbonyl (C=O) groups is 4. The summed E-state index contributed by atoms with van der Waals surface area (Å²) in [5, 5.41) is 11.8. The minimum atomic E-state index is -0.536. The summed E-state index contributed by atoms with van der Waals surface area (Å²) < 4.78 is 57.7. The number of piperidine rings is 2. The van der Waals surface area contributed by atoms with E-state index in [0.29, 0.717) is 112 Å². The molecule has 6 fully saturated rings. The van der Waals surface area contributed by atoms with Gasteiger partial charge in [0.1, 0.15) is 47.4 Å². The quantitative estimate of drug-likeness (QED) is 0.0735. The van der Waals surface area contributed by atoms with Crippen molar-refractivity contribution in [3.8, 4) is 0 Å². The predicted octanol–water partition coefficient (Wildman–Crippen LogP) is 14.2. The summed E-state index contributed by atoms with van der Waals surface area (Å²) >= 11 is 5.61. The van der Waals surface area contributed by atoms with E-state index >= 15 is 13.2 Å². The molecule has 4 N–H and O–H groups in total. The molecule has 0 unspecified atom stereocenters. The number of halogens is 3. The minimum Gasteiger partial charge on any atom is -0.355 e. The third kappa shape index (κ3) is 19.1. The first-order valence-corrected chi connectivity index (χ1v) is 51.9. The molecule has 6 aliphatic heterocycles. The fourth-order valence-corrected chi connectivity index (χ4v) is 24.5. The molecule has 6 saturated heterocycles. The van der Waals surface area contributed by atoms with Crippen LogP contribution in [0.4, 0.5) is 36.4 Å². The second-order valence-electron chi connectivity index (χ2n) is 37.0. The Labute approximate surface area is 824 Å². The molecule has 31 nitrogen and oxygen atoms in total. The Balaban J connectivity index is 0.000000115. The highest BCUT2D eigenvalue weighted by atomic mass is 32.1. The highest BCUT2D eigenvalue weighted by molar-refractivity contribution is 7.25. The monoisotopic (exact) mass is 1980 g/mol. The van der Waals surface area contributed by atoms with E-state index in [2.05, 4.69) is 72.1 Å². The molecule has 19 heterocycles. The van der Waals surface area contributed by atoms with E-state index in [-0.39, 0.29) is 73.7 Å². The van der Waals surface area contributed by atoms with Crippen molar-refractivity contribution in [3.63, 3.8) is 0 Å². The van der Waals surface area contributed by atoms with E-state index in [9.17, 15) is 38.4 Å². The van der Waals surface area contributed by atoms with Gasteiger partial charge in [0, 0.05) is 117 Å². The molecule has 0 bridgehead atoms. The Kier molecular flexibility index (Phi) is 28.2. The van der Waals surface area contributed by atoms with Crippen LogP contribution in [0.2, 0.25) is 0 Å². The molecule has 0 saturated carbocycles. The number of carbonyl (C=O) groups excluding carboxylic acids is 4. The Hall–Kier alpha value is -13.1. The van der Waals surface area contributed by atoms with Gasteiger partial charge < -0.3 is 55.1 Å². The van der Waals surface area contributed by atoms with Crippen LogP contribution in [-0.4, -0.2) is 254 Å². The minimum absolute atomic E-state index is 0.0413. The molecule has 13 aromatic heterocycles. The highest BCUT2D eigenvalue weighted by Gasteiger charge is 2.34. The smallest absolute Gasteiger partial charge is 0.272 e. The van der Waals surface area contributed by atoms with Crippen LogP contribution in [0.25, 0.3) is 104 Å². The Morgan fingerprint density at radius 2 is 0.794 bits per heavy atom. The van der Waals surface area contributed by atoms with E-state index in [0.717, 1.165) is 208 Å². The van der Waals surface area contributed by atoms with Crippen molar-refractivity contribution in [2.24, 2.45) is 0 Å². The highest BCUT2D eigenvalue weighted by Crippen LogP contribution is 2.39. The van der Waals surface area contributed by atoms with Gasteiger partial charge in [0.15, 0.2) is 57.5 Å². The molecule has 17 aromatic rings. The largest absolute Gasteiger partial charge is 0.355 e. The van der Waals surface area contributed by atoms with E-state index < -0.39 is 51.5 Å². The topological polar surface area (TPSA) is 309 Å². The van der Waals surface area contributed by atoms with Crippen LogP contribution >= 0.6 is 45.3 Å². The van der Waals surface area contributed by atoms with Gasteiger partial charge in [0.25, 0.3) is 23.6 Å². The van der Waals surface area contributed by atoms with Gasteiger partial charge in [0.2, 0.25) is 21.7 Å². The van der Waals surface area contributed by atoms with Crippen molar-refractivity contribution < 1.29 is 32.3 Å². The number of anilines is 4. The molecular weight excluding hydrogens is 1870 g/mol. The number of aromatic nitrogens is 10. The number of rotatable bonds is 14. The van der Waals surface area contributed by atoms with Gasteiger partial charge in [-0.15, -0.1) is 45.3 Å². The summed E-state index contributed by atoms with van der Waals surface area (Å²) in [5.41, 5.74) is 8.20. The second kappa shape index (κ2) is 41.6. The number of fused-ring (bicyclic) bond motifs is 20. The second-order valence-corrected chi connectivity index (χ2v) is 41.1. The standard InChI is InChI=1S/C26H29FN6O2S.C26H28FN5O2S.C26H25N7O2S.C25H28FN5O2S/c1-30-10-7-11-31(15-14-30)24-18(27)16-17-22(34)21(25(35)29-32-12-5-2-6-13-32)26-33(23(17)28-24)19-8-3-4-9-20(19)36-26;1-29-10-7-13-30(15-14-29)24-18(27)16-17-22(33)21(25(34)31-11-5-2-6-12-31)26-32(23(17)28-24)19-8-3-4-9-20(19)35-26;1-16-13-29-17(14-28-16)15-30-25(35)22-23(34)18-7-8-21(32-11-4-9-27-10-12-32)31-24(18)33-19-5-2-3-6-20(19)36-26(22)33;1-3-4-10-27-24(33)20-21(32)16-15-17(26)23(30-12-7-11-29(2)13-14-30)28-22(16)31-18-8-5-6-9-19(18)34-25(20)31/h3-4,8-9,16H,2,5-7,10-15H2,1H3,(H,29,35);3-4,8-9,16H,2,5-7,10-15H2,1H3;2-3,5-8,13-14,27H,4,9-12,15H2,1H3,(H,30,35);5-6,8-9,15H,3-4,7,10-14H2,1-2H3,(H,27,33). The average molecular weight is 1980 g/mol. The number of thiazole rings is 4. The number of nitrogens with one attached hydrogen (secondary N) is 4. The maximum atomic E-state index is 15.5. The lowest BCUT2D eigenvalue weighted by atomic mass is 10.1. The van der Waals surface area contributed by atoms with Crippen LogP contribution in [0.3, 0.4) is 0 Å². The number of unbranched alkanes of at least 4 members (excludes halogenated alkanes) is 1. The first kappa shape index (κ1) is 95.5. The maximum absolute atomic E-state index is 15.5. The maximum Gasteiger partial charge on any atom is 0.272 e. The van der Waals surface area contributed by atoms with Crippen molar-refractivity contribution in [2.45, 2.75) is 97.4 Å². The summed E-state index contributed by atoms with van der Waals surface area (Å²) in [5.74, 6) is -1.55. The number of aryl methyl sites for hydroxylation is 1. The van der Waals surface area contributed by atoms with Crippen molar-refractivity contribution >= 4 is 197 Å². The molecule has 38 heteroatoms. The first-order chi connectivity index (χ1) is 68.6. The Morgan fingerprint density at radius 1 is 0.390 bits per heavy atom. The Morgan fingerprint density at radius 3 is 1.24 bits per heavy atom. The number of likely N-dealkylation sites (N-methyl/N-ethyl adjacent to an activating group) is 3. The predicted molar refractivity (Wildman–Crippen MR) is 558 cm³/mol. The molecule has 0 aliphatic carbocycles. The summed E-state index contributed by atoms with van der Waals surface area (Å²) in [6, 6.07) is 38.7. The molecule has 4 amide bonds. The SMILES string of the molecule is CCCCNC(=O)c1c(=O)c2cc(F)c(N3CCCN(C)CC3)nc2n2c1sc1ccccc12.CN1CCCN(c2nc3c(cc2F)c(=O)c(C(=O)N2CCCCC2)c2sc4ccccc4n23)CC1.CN1CCCN(c2nc3c(cc2F)c(=O)c(C(=O)NN2CCCCC2)c2sc4ccccc4n23)CC1.Cc1cnc(CNC(=O)c2c(=O)c3ccc(N4CCCNCC4)nc3n3c2sc2ccccc23)cn1. The molecule has 23 rings (SSSR count). The number of pyridine rings is 8. The van der Waals surface area contributed by atoms with E-state index in [1.165, 1.54) is 63.5 Å². The van der Waals surface area contributed by atoms with Gasteiger partial charge in [0.05, 0.1) is 86.5 Å². The van der Waals surface area contributed by atoms with Crippen LogP contribution in [0.5, 0.6) is 0 Å². The van der Waals surface area contributed by atoms with Gasteiger partial charge in [-0.05, 0) is 197 Å². The Bertz CT molecular complexity index is 7980. The van der Waals surface area contributed by atoms with Crippen LogP contribution in [0.15, 0.2) is 159 Å². The lowest BCUT2D eigenvalue weighted by Gasteiger charge is -2.27. The zero-order chi connectivity index (χ0) is 97.4. The fourth-order valence-electron chi connectivity index (χ4n) is 19.8. The molecule has 6 aliphatic rings. The number of likely N-dealkylation sites (tertiary alicyclic amines) is 1. The summed E-state index contributed by atoms with van der Waals surface area (Å²) in [4.78, 5) is 155. The third-order valence-corrected chi connectivity index (χ3v) is 31.9. The molecule has 141 heavy (non-hydrogen) atoms. The molecule has 0 radical (unpaired) electrons. The van der Waals surface area contributed by atoms with Crippen molar-refractivity contribution in [2.75, 3.05) is 178 Å². The van der Waals surface area contributed by atoms with Crippen molar-refractivity contribution in [3.05, 3.63) is 232 Å². The number of hydrogen-bond acceptors (Lipinski definition) is 27. The van der Waals surface area contributed by atoms with Crippen LogP contribution in [0.1, 0.15) is 137 Å². The number of nitrogens with zero attached hydrogens (tertiary/aromatic N) is 19. The van der Waals surface area contributed by atoms with Crippen LogP contribution < -0.4 is 62.7 Å². The molecule has 730 valence electrons. The van der Waals surface area contributed by atoms with Gasteiger partial charge in [-0.3, -0.25) is 71.4 Å². The normalized spacial score (nSPS) is 16.5. The van der Waals surface area contributed by atoms with E-state index in [1.54, 1.807) is 23.4 Å². The van der Waals surface area contributed by atoms with Gasteiger partial charge in [-0.1, -0.05) is 68.3 Å². The van der Waals surface area contributed by atoms with E-state index in [1.807, 2.05) is 154 Å². The zero-order valence-electron chi connectivity index (χ0n) is 79.4. The summed E-state index contributed by atoms with van der Waals surface area (Å²) in [7, 11) is 6.18. The lowest BCUT2D eigenvalue weighted by molar-refractivity contribution is 0.0723. The molecule has 0 atom stereocenters. The van der Waals surface area contributed by atoms with Gasteiger partial charge in [-0.2, -0.15) is 0 Å². The summed E-state index contributed by atoms with van der Waals surface area (Å²) in [6.07, 6.45) is 14.9. The zero-order valence-corrected chi connectivity index (χ0v) is 82.6. The first-order valence-electron chi connectivity index (χ1n) is 48.6. The van der Waals surface area contributed by atoms with E-state index in [4.69, 9.17) is 19.9 Å². The van der Waals surface area contributed by atoms with Gasteiger partial charge in [-0.25, -0.2) is 38.1 Å². The van der Waals surface area contributed by atoms with Crippen LogP contribution in [-0.2, 0) is 6.54 Å². The number of benzene rings is 4. The van der Waals surface area contributed by atoms with Crippen molar-refractivity contribution in [1.82, 2.24) is 93.5 Å². The number of hydrazine groups is 1. The molecule has 4 aromatic carbocycles. The number of amides is 4. The fraction of sp³-hybridized carbons (Fsp3) is 0.379.